The number of rotatable bonds is 3. The lowest BCUT2D eigenvalue weighted by Gasteiger charge is -2.36. The second-order valence-corrected chi connectivity index (χ2v) is 7.32. The molecule has 1 aliphatic rings. The van der Waals surface area contributed by atoms with Crippen LogP contribution >= 0.6 is 0 Å². The Kier molecular flexibility index (Phi) is 4.03. The van der Waals surface area contributed by atoms with Crippen molar-refractivity contribution in [1.82, 2.24) is 4.90 Å². The maximum absolute atomic E-state index is 12.7. The molecule has 8 heteroatoms. The molecule has 1 aliphatic heterocycles. The van der Waals surface area contributed by atoms with Crippen molar-refractivity contribution in [2.24, 2.45) is 11.1 Å². The Hall–Kier alpha value is -2.06. The van der Waals surface area contributed by atoms with E-state index in [4.69, 9.17) is 14.0 Å². The van der Waals surface area contributed by atoms with Crippen LogP contribution in [0, 0.1) is 5.92 Å². The van der Waals surface area contributed by atoms with Crippen molar-refractivity contribution in [3.8, 4) is 0 Å². The maximum Gasteiger partial charge on any atom is 0.290 e. The van der Waals surface area contributed by atoms with E-state index < -0.39 is 15.1 Å². The van der Waals surface area contributed by atoms with Gasteiger partial charge in [0.1, 0.15) is 5.76 Å². The first-order valence-electron chi connectivity index (χ1n) is 7.33. The number of primary sulfonamides is 1. The van der Waals surface area contributed by atoms with E-state index in [1.807, 2.05) is 6.07 Å². The maximum atomic E-state index is 12.7. The summed E-state index contributed by atoms with van der Waals surface area (Å²) in [5.74, 6) is 0.766. The van der Waals surface area contributed by atoms with E-state index in [9.17, 15) is 13.2 Å². The largest absolute Gasteiger partial charge is 0.467 e. The summed E-state index contributed by atoms with van der Waals surface area (Å²) in [6, 6.07) is 5.95. The number of carbonyl (C=O) groups is 1. The molecule has 2 N–H and O–H groups in total. The molecule has 0 unspecified atom stereocenters. The van der Waals surface area contributed by atoms with Gasteiger partial charge in [0.25, 0.3) is 15.9 Å². The van der Waals surface area contributed by atoms with Gasteiger partial charge >= 0.3 is 0 Å². The molecule has 7 nitrogen and oxygen atoms in total. The fourth-order valence-corrected chi connectivity index (χ4v) is 3.33. The van der Waals surface area contributed by atoms with Crippen molar-refractivity contribution in [1.29, 1.82) is 0 Å². The number of likely N-dealkylation sites (tertiary alicyclic amines) is 1. The number of nitrogens with two attached hydrogens (primary N) is 1. The minimum absolute atomic E-state index is 0.0415. The molecule has 3 heterocycles. The Morgan fingerprint density at radius 2 is 2.13 bits per heavy atom. The summed E-state index contributed by atoms with van der Waals surface area (Å²) in [6.45, 7) is 2.68. The lowest BCUT2D eigenvalue weighted by molar-refractivity contribution is 0.0484. The monoisotopic (exact) mass is 338 g/mol. The number of amides is 1. The number of furan rings is 2. The molecule has 1 amide bonds. The van der Waals surface area contributed by atoms with Crippen LogP contribution in [0.25, 0.3) is 0 Å². The topological polar surface area (TPSA) is 107 Å². The van der Waals surface area contributed by atoms with Gasteiger partial charge < -0.3 is 13.7 Å². The lowest BCUT2D eigenvalue weighted by Crippen LogP contribution is -2.40. The minimum Gasteiger partial charge on any atom is -0.467 e. The van der Waals surface area contributed by atoms with Crippen molar-refractivity contribution in [3.05, 3.63) is 42.0 Å². The van der Waals surface area contributed by atoms with Crippen LogP contribution in [0.1, 0.15) is 42.1 Å². The highest BCUT2D eigenvalue weighted by Crippen LogP contribution is 2.35. The fourth-order valence-electron chi connectivity index (χ4n) is 2.86. The second-order valence-electron chi connectivity index (χ2n) is 5.82. The summed E-state index contributed by atoms with van der Waals surface area (Å²) >= 11 is 0. The summed E-state index contributed by atoms with van der Waals surface area (Å²) in [5.41, 5.74) is 0. The number of piperidine rings is 1. The number of carbonyl (C=O) groups excluding carboxylic acids is 1. The van der Waals surface area contributed by atoms with Gasteiger partial charge in [-0.15, -0.1) is 0 Å². The Morgan fingerprint density at radius 3 is 2.74 bits per heavy atom. The Labute approximate surface area is 134 Å². The zero-order chi connectivity index (χ0) is 16.6. The minimum atomic E-state index is -3.97. The van der Waals surface area contributed by atoms with Gasteiger partial charge in [0.15, 0.2) is 5.76 Å². The molecular formula is C15H18N2O5S. The standard InChI is InChI=1S/C15H18N2O5S/c1-10-6-7-17(11(9-10)12-3-2-8-21-12)15(18)13-4-5-14(22-13)23(16,19)20/h2-5,8,10-11H,6-7,9H2,1H3,(H2,16,19,20)/t10-,11-/m1/s1. The van der Waals surface area contributed by atoms with Gasteiger partial charge in [0, 0.05) is 6.54 Å². The van der Waals surface area contributed by atoms with Crippen molar-refractivity contribution in [2.45, 2.75) is 30.9 Å². The molecule has 2 aromatic rings. The molecule has 0 aliphatic carbocycles. The normalized spacial score (nSPS) is 22.3. The Bertz CT molecular complexity index is 794. The van der Waals surface area contributed by atoms with Crippen LogP contribution in [0.3, 0.4) is 0 Å². The van der Waals surface area contributed by atoms with Gasteiger partial charge in [-0.3, -0.25) is 4.79 Å². The quantitative estimate of drug-likeness (QED) is 0.922. The summed E-state index contributed by atoms with van der Waals surface area (Å²) in [5, 5.41) is 4.59. The predicted molar refractivity (Wildman–Crippen MR) is 81.0 cm³/mol. The van der Waals surface area contributed by atoms with E-state index in [1.54, 1.807) is 17.2 Å². The number of hydrogen-bond acceptors (Lipinski definition) is 5. The summed E-state index contributed by atoms with van der Waals surface area (Å²) in [4.78, 5) is 14.4. The first-order chi connectivity index (χ1) is 10.9. The second kappa shape index (κ2) is 5.86. The van der Waals surface area contributed by atoms with Crippen LogP contribution < -0.4 is 5.14 Å². The van der Waals surface area contributed by atoms with E-state index in [0.717, 1.165) is 12.8 Å². The molecule has 0 spiro atoms. The van der Waals surface area contributed by atoms with E-state index >= 15 is 0 Å². The van der Waals surface area contributed by atoms with E-state index in [1.165, 1.54) is 12.1 Å². The van der Waals surface area contributed by atoms with E-state index in [2.05, 4.69) is 6.92 Å². The third-order valence-corrected chi connectivity index (χ3v) is 4.85. The molecule has 3 rings (SSSR count). The van der Waals surface area contributed by atoms with Gasteiger partial charge in [0.2, 0.25) is 5.09 Å². The third-order valence-electron chi connectivity index (χ3n) is 4.07. The molecule has 0 bridgehead atoms. The molecule has 23 heavy (non-hydrogen) atoms. The van der Waals surface area contributed by atoms with E-state index in [0.29, 0.717) is 18.2 Å². The van der Waals surface area contributed by atoms with Crippen LogP contribution in [-0.2, 0) is 10.0 Å². The van der Waals surface area contributed by atoms with Crippen molar-refractivity contribution in [3.63, 3.8) is 0 Å². The lowest BCUT2D eigenvalue weighted by atomic mass is 9.91. The smallest absolute Gasteiger partial charge is 0.290 e. The van der Waals surface area contributed by atoms with Gasteiger partial charge in [-0.05, 0) is 43.0 Å². The van der Waals surface area contributed by atoms with Gasteiger partial charge in [-0.2, -0.15) is 0 Å². The summed E-state index contributed by atoms with van der Waals surface area (Å²) in [7, 11) is -3.97. The average Bonchev–Trinajstić information content (AvgIpc) is 3.17. The number of hydrogen-bond donors (Lipinski definition) is 1. The zero-order valence-electron chi connectivity index (χ0n) is 12.6. The van der Waals surface area contributed by atoms with Gasteiger partial charge in [-0.25, -0.2) is 13.6 Å². The highest BCUT2D eigenvalue weighted by atomic mass is 32.2. The van der Waals surface area contributed by atoms with Crippen molar-refractivity contribution < 1.29 is 22.0 Å². The molecule has 1 saturated heterocycles. The SMILES string of the molecule is C[C@@H]1CCN(C(=O)c2ccc(S(N)(=O)=O)o2)[C@@H](c2ccco2)C1. The Balaban J connectivity index is 1.89. The first kappa shape index (κ1) is 15.8. The van der Waals surface area contributed by atoms with Crippen LogP contribution in [0.5, 0.6) is 0 Å². The van der Waals surface area contributed by atoms with Gasteiger partial charge in [0.05, 0.1) is 12.3 Å². The van der Waals surface area contributed by atoms with Crippen LogP contribution in [0.2, 0.25) is 0 Å². The van der Waals surface area contributed by atoms with Gasteiger partial charge in [-0.1, -0.05) is 6.92 Å². The van der Waals surface area contributed by atoms with Crippen molar-refractivity contribution in [2.75, 3.05) is 6.54 Å². The highest BCUT2D eigenvalue weighted by molar-refractivity contribution is 7.89. The number of sulfonamides is 1. The molecule has 124 valence electrons. The molecule has 0 aromatic carbocycles. The highest BCUT2D eigenvalue weighted by Gasteiger charge is 2.34. The number of nitrogens with zero attached hydrogens (tertiary/aromatic N) is 1. The van der Waals surface area contributed by atoms with Crippen LogP contribution in [-0.4, -0.2) is 25.8 Å². The summed E-state index contributed by atoms with van der Waals surface area (Å²) in [6.07, 6.45) is 3.22. The average molecular weight is 338 g/mol. The molecule has 0 radical (unpaired) electrons. The third kappa shape index (κ3) is 3.18. The predicted octanol–water partition coefficient (Wildman–Crippen LogP) is 2.13. The van der Waals surface area contributed by atoms with Crippen molar-refractivity contribution >= 4 is 15.9 Å². The fraction of sp³-hybridized carbons (Fsp3) is 0.400. The molecule has 1 fully saturated rings. The Morgan fingerprint density at radius 1 is 1.35 bits per heavy atom. The zero-order valence-corrected chi connectivity index (χ0v) is 13.5. The molecule has 2 atom stereocenters. The van der Waals surface area contributed by atoms with Crippen LogP contribution in [0.15, 0.2) is 44.5 Å². The molecular weight excluding hydrogens is 320 g/mol. The van der Waals surface area contributed by atoms with E-state index in [-0.39, 0.29) is 17.7 Å². The molecule has 0 saturated carbocycles. The van der Waals surface area contributed by atoms with Crippen LogP contribution in [0.4, 0.5) is 0 Å². The summed E-state index contributed by atoms with van der Waals surface area (Å²) < 4.78 is 33.1. The molecule has 2 aromatic heterocycles. The first-order valence-corrected chi connectivity index (χ1v) is 8.88.